The molecule has 2 rings (SSSR count). The van der Waals surface area contributed by atoms with Gasteiger partial charge < -0.3 is 15.3 Å². The molecule has 2 N–H and O–H groups in total. The van der Waals surface area contributed by atoms with Crippen molar-refractivity contribution in [1.29, 1.82) is 0 Å². The number of aliphatic hydroxyl groups is 1. The normalized spacial score (nSPS) is 18.2. The van der Waals surface area contributed by atoms with Crippen LogP contribution in [0.2, 0.25) is 0 Å². The zero-order valence-corrected chi connectivity index (χ0v) is 12.9. The predicted molar refractivity (Wildman–Crippen MR) is 85.4 cm³/mol. The molecule has 1 unspecified atom stereocenters. The standard InChI is InChI=1S/C17H28N2O/c1-17(14-20,18-2)11-7-13-19-12-6-5-9-15-8-3-4-10-16(15)19/h3-4,8,10,18,20H,5-7,9,11-14H2,1-2H3. The number of para-hydroxylation sites is 1. The van der Waals surface area contributed by atoms with Gasteiger partial charge in [0, 0.05) is 24.3 Å². The van der Waals surface area contributed by atoms with Gasteiger partial charge in [0.15, 0.2) is 0 Å². The van der Waals surface area contributed by atoms with E-state index in [0.29, 0.717) is 0 Å². The summed E-state index contributed by atoms with van der Waals surface area (Å²) < 4.78 is 0. The van der Waals surface area contributed by atoms with Gasteiger partial charge in [-0.3, -0.25) is 0 Å². The van der Waals surface area contributed by atoms with E-state index in [0.717, 1.165) is 25.9 Å². The molecule has 0 spiro atoms. The molecule has 1 atom stereocenters. The summed E-state index contributed by atoms with van der Waals surface area (Å²) in [5, 5.41) is 12.7. The van der Waals surface area contributed by atoms with Gasteiger partial charge in [0.1, 0.15) is 0 Å². The summed E-state index contributed by atoms with van der Waals surface area (Å²) in [6.45, 7) is 4.52. The van der Waals surface area contributed by atoms with Gasteiger partial charge in [-0.1, -0.05) is 18.2 Å². The van der Waals surface area contributed by atoms with Crippen molar-refractivity contribution in [1.82, 2.24) is 5.32 Å². The average molecular weight is 276 g/mol. The number of hydrogen-bond acceptors (Lipinski definition) is 3. The second-order valence-electron chi connectivity index (χ2n) is 6.15. The van der Waals surface area contributed by atoms with Crippen LogP contribution in [-0.2, 0) is 6.42 Å². The van der Waals surface area contributed by atoms with Crippen LogP contribution in [0.1, 0.15) is 38.2 Å². The number of anilines is 1. The fourth-order valence-electron chi connectivity index (χ4n) is 2.94. The van der Waals surface area contributed by atoms with E-state index in [1.165, 1.54) is 30.5 Å². The van der Waals surface area contributed by atoms with Gasteiger partial charge in [-0.15, -0.1) is 0 Å². The molecular weight excluding hydrogens is 248 g/mol. The molecule has 0 aliphatic carbocycles. The first kappa shape index (κ1) is 15.3. The third-order valence-corrected chi connectivity index (χ3v) is 4.57. The van der Waals surface area contributed by atoms with E-state index >= 15 is 0 Å². The number of likely N-dealkylation sites (N-methyl/N-ethyl adjacent to an activating group) is 1. The van der Waals surface area contributed by atoms with Crippen LogP contribution < -0.4 is 10.2 Å². The van der Waals surface area contributed by atoms with Crippen molar-refractivity contribution in [3.63, 3.8) is 0 Å². The van der Waals surface area contributed by atoms with Crippen LogP contribution in [-0.4, -0.2) is 37.4 Å². The maximum atomic E-state index is 9.45. The monoisotopic (exact) mass is 276 g/mol. The number of nitrogens with one attached hydrogen (secondary N) is 1. The largest absolute Gasteiger partial charge is 0.394 e. The molecule has 1 aromatic rings. The molecule has 112 valence electrons. The van der Waals surface area contributed by atoms with Gasteiger partial charge in [0.2, 0.25) is 0 Å². The number of aryl methyl sites for hydroxylation is 1. The molecule has 3 nitrogen and oxygen atoms in total. The summed E-state index contributed by atoms with van der Waals surface area (Å²) in [5.41, 5.74) is 2.76. The molecule has 1 aromatic carbocycles. The Morgan fingerprint density at radius 2 is 2.10 bits per heavy atom. The van der Waals surface area contributed by atoms with Crippen LogP contribution in [0.4, 0.5) is 5.69 Å². The Morgan fingerprint density at radius 1 is 1.30 bits per heavy atom. The van der Waals surface area contributed by atoms with Gasteiger partial charge in [0.25, 0.3) is 0 Å². The van der Waals surface area contributed by atoms with Crippen LogP contribution in [0.25, 0.3) is 0 Å². The second-order valence-corrected chi connectivity index (χ2v) is 6.15. The number of fused-ring (bicyclic) bond motifs is 1. The van der Waals surface area contributed by atoms with Crippen LogP contribution in [0, 0.1) is 0 Å². The number of aliphatic hydroxyl groups excluding tert-OH is 1. The van der Waals surface area contributed by atoms with E-state index in [-0.39, 0.29) is 12.1 Å². The van der Waals surface area contributed by atoms with Gasteiger partial charge in [-0.2, -0.15) is 0 Å². The SMILES string of the molecule is CNC(C)(CO)CCCN1CCCCc2ccccc21. The van der Waals surface area contributed by atoms with Gasteiger partial charge in [-0.05, 0) is 57.7 Å². The smallest absolute Gasteiger partial charge is 0.0610 e. The van der Waals surface area contributed by atoms with Crippen molar-refractivity contribution < 1.29 is 5.11 Å². The Morgan fingerprint density at radius 3 is 2.85 bits per heavy atom. The Kier molecular flexibility index (Phi) is 5.44. The third-order valence-electron chi connectivity index (χ3n) is 4.57. The maximum Gasteiger partial charge on any atom is 0.0610 e. The summed E-state index contributed by atoms with van der Waals surface area (Å²) in [7, 11) is 1.93. The van der Waals surface area contributed by atoms with Crippen molar-refractivity contribution in [3.05, 3.63) is 29.8 Å². The van der Waals surface area contributed by atoms with E-state index in [9.17, 15) is 5.11 Å². The second kappa shape index (κ2) is 7.09. The highest BCUT2D eigenvalue weighted by Gasteiger charge is 2.21. The van der Waals surface area contributed by atoms with E-state index < -0.39 is 0 Å². The Labute approximate surface area is 123 Å². The number of rotatable bonds is 6. The van der Waals surface area contributed by atoms with E-state index in [2.05, 4.69) is 41.4 Å². The van der Waals surface area contributed by atoms with Crippen molar-refractivity contribution in [3.8, 4) is 0 Å². The van der Waals surface area contributed by atoms with Gasteiger partial charge >= 0.3 is 0 Å². The summed E-state index contributed by atoms with van der Waals surface area (Å²) in [5.74, 6) is 0. The minimum absolute atomic E-state index is 0.147. The molecular formula is C17H28N2O. The third kappa shape index (κ3) is 3.74. The lowest BCUT2D eigenvalue weighted by Gasteiger charge is -2.30. The molecule has 20 heavy (non-hydrogen) atoms. The van der Waals surface area contributed by atoms with Gasteiger partial charge in [0.05, 0.1) is 6.61 Å². The van der Waals surface area contributed by atoms with Crippen LogP contribution in [0.3, 0.4) is 0 Å². The molecule has 1 aliphatic heterocycles. The highest BCUT2D eigenvalue weighted by Crippen LogP contribution is 2.26. The molecule has 3 heteroatoms. The molecule has 0 amide bonds. The highest BCUT2D eigenvalue weighted by molar-refractivity contribution is 5.54. The lowest BCUT2D eigenvalue weighted by atomic mass is 9.97. The minimum atomic E-state index is -0.147. The van der Waals surface area contributed by atoms with Crippen LogP contribution >= 0.6 is 0 Å². The summed E-state index contributed by atoms with van der Waals surface area (Å²) in [4.78, 5) is 2.52. The number of hydrogen-bond donors (Lipinski definition) is 2. The van der Waals surface area contributed by atoms with Crippen molar-refractivity contribution >= 4 is 5.69 Å². The molecule has 0 saturated heterocycles. The summed E-state index contributed by atoms with van der Waals surface area (Å²) >= 11 is 0. The number of nitrogens with zero attached hydrogens (tertiary/aromatic N) is 1. The zero-order valence-electron chi connectivity index (χ0n) is 12.9. The quantitative estimate of drug-likeness (QED) is 0.838. The fourth-order valence-corrected chi connectivity index (χ4v) is 2.94. The van der Waals surface area contributed by atoms with Crippen LogP contribution in [0.15, 0.2) is 24.3 Å². The molecule has 0 saturated carbocycles. The molecule has 1 aliphatic rings. The Balaban J connectivity index is 1.96. The fraction of sp³-hybridized carbons (Fsp3) is 0.647. The summed E-state index contributed by atoms with van der Waals surface area (Å²) in [6.07, 6.45) is 5.87. The molecule has 0 aromatic heterocycles. The Bertz CT molecular complexity index is 415. The molecule has 1 heterocycles. The maximum absolute atomic E-state index is 9.45. The van der Waals surface area contributed by atoms with Crippen molar-refractivity contribution in [2.45, 2.75) is 44.6 Å². The number of benzene rings is 1. The molecule has 0 bridgehead atoms. The Hall–Kier alpha value is -1.06. The van der Waals surface area contributed by atoms with E-state index in [1.807, 2.05) is 7.05 Å². The lowest BCUT2D eigenvalue weighted by Crippen LogP contribution is -2.44. The highest BCUT2D eigenvalue weighted by atomic mass is 16.3. The van der Waals surface area contributed by atoms with Gasteiger partial charge in [-0.25, -0.2) is 0 Å². The predicted octanol–water partition coefficient (Wildman–Crippen LogP) is 2.58. The zero-order chi connectivity index (χ0) is 14.4. The molecule has 0 fully saturated rings. The van der Waals surface area contributed by atoms with Crippen molar-refractivity contribution in [2.75, 3.05) is 31.6 Å². The van der Waals surface area contributed by atoms with Crippen LogP contribution in [0.5, 0.6) is 0 Å². The van der Waals surface area contributed by atoms with E-state index in [4.69, 9.17) is 0 Å². The molecule has 0 radical (unpaired) electrons. The topological polar surface area (TPSA) is 35.5 Å². The van der Waals surface area contributed by atoms with Crippen molar-refractivity contribution in [2.24, 2.45) is 0 Å². The first-order chi connectivity index (χ1) is 9.68. The van der Waals surface area contributed by atoms with E-state index in [1.54, 1.807) is 0 Å². The first-order valence-corrected chi connectivity index (χ1v) is 7.81. The first-order valence-electron chi connectivity index (χ1n) is 7.81. The lowest BCUT2D eigenvalue weighted by molar-refractivity contribution is 0.172. The summed E-state index contributed by atoms with van der Waals surface area (Å²) in [6, 6.07) is 8.80. The average Bonchev–Trinajstić information content (AvgIpc) is 2.70. The minimum Gasteiger partial charge on any atom is -0.394 e.